The number of carbonyl (C=O) groups excluding carboxylic acids is 1. The van der Waals surface area contributed by atoms with E-state index in [2.05, 4.69) is 5.32 Å². The molecule has 1 heterocycles. The van der Waals surface area contributed by atoms with Crippen LogP contribution >= 0.6 is 0 Å². The number of fused-ring (bicyclic) bond motifs is 1. The van der Waals surface area contributed by atoms with Crippen molar-refractivity contribution in [1.82, 2.24) is 9.62 Å². The molecule has 174 valence electrons. The Bertz CT molecular complexity index is 1190. The lowest BCUT2D eigenvalue weighted by molar-refractivity contribution is -0.123. The van der Waals surface area contributed by atoms with Crippen molar-refractivity contribution in [1.29, 1.82) is 0 Å². The van der Waals surface area contributed by atoms with Gasteiger partial charge in [-0.25, -0.2) is 8.42 Å². The Morgan fingerprint density at radius 3 is 2.45 bits per heavy atom. The van der Waals surface area contributed by atoms with Gasteiger partial charge in [0.15, 0.2) is 6.61 Å². The van der Waals surface area contributed by atoms with Crippen molar-refractivity contribution in [3.05, 3.63) is 66.7 Å². The molecular formula is C24H26N2O6S. The number of hydrogen-bond acceptors (Lipinski definition) is 6. The molecule has 1 aliphatic rings. The molecule has 0 unspecified atom stereocenters. The molecule has 9 heteroatoms. The van der Waals surface area contributed by atoms with Gasteiger partial charge >= 0.3 is 0 Å². The Balaban J connectivity index is 1.21. The number of nitrogens with one attached hydrogen (secondary N) is 1. The second-order valence-electron chi connectivity index (χ2n) is 7.45. The molecule has 1 aliphatic heterocycles. The molecule has 0 spiro atoms. The van der Waals surface area contributed by atoms with Crippen molar-refractivity contribution in [2.75, 3.05) is 46.1 Å². The first-order valence-corrected chi connectivity index (χ1v) is 12.2. The van der Waals surface area contributed by atoms with Crippen molar-refractivity contribution in [3.63, 3.8) is 0 Å². The third-order valence-corrected chi connectivity index (χ3v) is 7.15. The van der Waals surface area contributed by atoms with Gasteiger partial charge in [-0.05, 0) is 35.7 Å². The van der Waals surface area contributed by atoms with Crippen LogP contribution in [0.3, 0.4) is 0 Å². The molecule has 8 nitrogen and oxygen atoms in total. The van der Waals surface area contributed by atoms with Crippen LogP contribution in [0.4, 0.5) is 0 Å². The zero-order valence-electron chi connectivity index (χ0n) is 18.1. The molecule has 3 aromatic carbocycles. The summed E-state index contributed by atoms with van der Waals surface area (Å²) in [5.74, 6) is 0.933. The van der Waals surface area contributed by atoms with E-state index in [0.29, 0.717) is 44.3 Å². The molecule has 1 amide bonds. The van der Waals surface area contributed by atoms with E-state index in [1.54, 1.807) is 12.1 Å². The minimum Gasteiger partial charge on any atom is -0.492 e. The monoisotopic (exact) mass is 470 g/mol. The normalized spacial score (nSPS) is 14.7. The summed E-state index contributed by atoms with van der Waals surface area (Å²) in [7, 11) is -3.53. The van der Waals surface area contributed by atoms with E-state index in [1.165, 1.54) is 16.4 Å². The van der Waals surface area contributed by atoms with Gasteiger partial charge in [-0.2, -0.15) is 4.31 Å². The van der Waals surface area contributed by atoms with Gasteiger partial charge in [0.25, 0.3) is 5.91 Å². The van der Waals surface area contributed by atoms with Crippen molar-refractivity contribution >= 4 is 26.7 Å². The summed E-state index contributed by atoms with van der Waals surface area (Å²) < 4.78 is 43.2. The first-order valence-electron chi connectivity index (χ1n) is 10.7. The zero-order valence-corrected chi connectivity index (χ0v) is 18.9. The lowest BCUT2D eigenvalue weighted by atomic mass is 10.1. The largest absolute Gasteiger partial charge is 0.492 e. The summed E-state index contributed by atoms with van der Waals surface area (Å²) >= 11 is 0. The number of hydrogen-bond donors (Lipinski definition) is 1. The molecule has 0 atom stereocenters. The smallest absolute Gasteiger partial charge is 0.258 e. The Morgan fingerprint density at radius 1 is 0.939 bits per heavy atom. The Morgan fingerprint density at radius 2 is 1.67 bits per heavy atom. The Kier molecular flexibility index (Phi) is 7.43. The molecule has 0 radical (unpaired) electrons. The number of benzene rings is 3. The first kappa shape index (κ1) is 23.0. The maximum atomic E-state index is 12.6. The van der Waals surface area contributed by atoms with Crippen LogP contribution in [0.2, 0.25) is 0 Å². The minimum absolute atomic E-state index is 0.0951. The SMILES string of the molecule is O=C(COc1cccc2ccccc12)NCCOc1ccc(S(=O)(=O)N2CCOCC2)cc1. The fraction of sp³-hybridized carbons (Fsp3) is 0.292. The van der Waals surface area contributed by atoms with E-state index >= 15 is 0 Å². The summed E-state index contributed by atoms with van der Waals surface area (Å²) in [5.41, 5.74) is 0. The standard InChI is InChI=1S/C24H26N2O6S/c27-24(18-32-23-7-3-5-19-4-1-2-6-22(19)23)25-12-15-31-20-8-10-21(11-9-20)33(28,29)26-13-16-30-17-14-26/h1-11H,12-18H2,(H,25,27). The van der Waals surface area contributed by atoms with Crippen LogP contribution in [0, 0.1) is 0 Å². The summed E-state index contributed by atoms with van der Waals surface area (Å²) in [6, 6.07) is 19.8. The van der Waals surface area contributed by atoms with E-state index in [0.717, 1.165) is 10.8 Å². The third kappa shape index (κ3) is 5.81. The van der Waals surface area contributed by atoms with Crippen molar-refractivity contribution < 1.29 is 27.4 Å². The molecule has 1 N–H and O–H groups in total. The third-order valence-electron chi connectivity index (χ3n) is 5.23. The summed E-state index contributed by atoms with van der Waals surface area (Å²) in [5, 5.41) is 4.75. The highest BCUT2D eigenvalue weighted by atomic mass is 32.2. The first-order chi connectivity index (χ1) is 16.0. The highest BCUT2D eigenvalue weighted by molar-refractivity contribution is 7.89. The van der Waals surface area contributed by atoms with Crippen molar-refractivity contribution in [2.45, 2.75) is 4.90 Å². The number of sulfonamides is 1. The van der Waals surface area contributed by atoms with Crippen molar-refractivity contribution in [2.24, 2.45) is 0 Å². The quantitative estimate of drug-likeness (QED) is 0.483. The Labute approximate surface area is 193 Å². The number of ether oxygens (including phenoxy) is 3. The van der Waals surface area contributed by atoms with E-state index in [1.807, 2.05) is 42.5 Å². The van der Waals surface area contributed by atoms with Gasteiger partial charge in [-0.1, -0.05) is 36.4 Å². The van der Waals surface area contributed by atoms with Gasteiger partial charge in [-0.3, -0.25) is 4.79 Å². The van der Waals surface area contributed by atoms with E-state index in [4.69, 9.17) is 14.2 Å². The lowest BCUT2D eigenvalue weighted by Gasteiger charge is -2.26. The van der Waals surface area contributed by atoms with Gasteiger partial charge < -0.3 is 19.5 Å². The van der Waals surface area contributed by atoms with Crippen LogP contribution in [0.15, 0.2) is 71.6 Å². The summed E-state index contributed by atoms with van der Waals surface area (Å²) in [6.07, 6.45) is 0. The maximum Gasteiger partial charge on any atom is 0.258 e. The van der Waals surface area contributed by atoms with Gasteiger partial charge in [0.1, 0.15) is 18.1 Å². The highest BCUT2D eigenvalue weighted by Gasteiger charge is 2.26. The molecule has 4 rings (SSSR count). The molecule has 1 saturated heterocycles. The molecule has 3 aromatic rings. The van der Waals surface area contributed by atoms with Crippen molar-refractivity contribution in [3.8, 4) is 11.5 Å². The lowest BCUT2D eigenvalue weighted by Crippen LogP contribution is -2.40. The van der Waals surface area contributed by atoms with Crippen LogP contribution in [0.1, 0.15) is 0 Å². The predicted molar refractivity (Wildman–Crippen MR) is 124 cm³/mol. The van der Waals surface area contributed by atoms with Gasteiger partial charge in [0, 0.05) is 18.5 Å². The van der Waals surface area contributed by atoms with Gasteiger partial charge in [0.05, 0.1) is 24.7 Å². The molecule has 0 bridgehead atoms. The number of nitrogens with zero attached hydrogens (tertiary/aromatic N) is 1. The Hall–Kier alpha value is -3.14. The van der Waals surface area contributed by atoms with Crippen LogP contribution in [-0.2, 0) is 19.6 Å². The van der Waals surface area contributed by atoms with Gasteiger partial charge in [-0.15, -0.1) is 0 Å². The zero-order chi connectivity index (χ0) is 23.1. The second-order valence-corrected chi connectivity index (χ2v) is 9.39. The minimum atomic E-state index is -3.53. The summed E-state index contributed by atoms with van der Waals surface area (Å²) in [4.78, 5) is 12.3. The fourth-order valence-electron chi connectivity index (χ4n) is 3.52. The molecule has 0 saturated carbocycles. The number of rotatable bonds is 9. The number of amides is 1. The average Bonchev–Trinajstić information content (AvgIpc) is 2.86. The van der Waals surface area contributed by atoms with E-state index in [-0.39, 0.29) is 24.0 Å². The van der Waals surface area contributed by atoms with Crippen LogP contribution in [0.25, 0.3) is 10.8 Å². The summed E-state index contributed by atoms with van der Waals surface area (Å²) in [6.45, 7) is 1.95. The maximum absolute atomic E-state index is 12.6. The molecule has 0 aromatic heterocycles. The van der Waals surface area contributed by atoms with Crippen LogP contribution in [0.5, 0.6) is 11.5 Å². The molecule has 1 fully saturated rings. The topological polar surface area (TPSA) is 94.2 Å². The fourth-order valence-corrected chi connectivity index (χ4v) is 4.93. The molecule has 33 heavy (non-hydrogen) atoms. The van der Waals surface area contributed by atoms with Crippen LogP contribution < -0.4 is 14.8 Å². The number of carbonyl (C=O) groups is 1. The van der Waals surface area contributed by atoms with E-state index < -0.39 is 10.0 Å². The molecular weight excluding hydrogens is 444 g/mol. The average molecular weight is 471 g/mol. The van der Waals surface area contributed by atoms with Crippen LogP contribution in [-0.4, -0.2) is 64.7 Å². The predicted octanol–water partition coefficient (Wildman–Crippen LogP) is 2.43. The van der Waals surface area contributed by atoms with E-state index in [9.17, 15) is 13.2 Å². The number of morpholine rings is 1. The molecule has 0 aliphatic carbocycles. The van der Waals surface area contributed by atoms with Gasteiger partial charge in [0.2, 0.25) is 10.0 Å². The highest BCUT2D eigenvalue weighted by Crippen LogP contribution is 2.25. The second kappa shape index (κ2) is 10.7.